The van der Waals surface area contributed by atoms with E-state index < -0.39 is 9.84 Å². The number of carbonyl (C=O) groups is 1. The summed E-state index contributed by atoms with van der Waals surface area (Å²) in [6.07, 6.45) is 2.30. The fourth-order valence-corrected chi connectivity index (χ4v) is 4.30. The molecule has 98 valence electrons. The minimum Gasteiger partial charge on any atom is -0.341 e. The highest BCUT2D eigenvalue weighted by molar-refractivity contribution is 7.91. The summed E-state index contributed by atoms with van der Waals surface area (Å²) in [6.45, 7) is 3.54. The van der Waals surface area contributed by atoms with Crippen LogP contribution in [0.4, 0.5) is 0 Å². The smallest absolute Gasteiger partial charge is 0.222 e. The molecule has 2 heterocycles. The van der Waals surface area contributed by atoms with Gasteiger partial charge in [-0.05, 0) is 19.8 Å². The lowest BCUT2D eigenvalue weighted by molar-refractivity contribution is -0.127. The van der Waals surface area contributed by atoms with Gasteiger partial charge in [0.25, 0.3) is 0 Å². The molecule has 0 bridgehead atoms. The fraction of sp³-hybridized carbons (Fsp3) is 0.909. The number of amides is 1. The highest BCUT2D eigenvalue weighted by atomic mass is 32.2. The van der Waals surface area contributed by atoms with Crippen LogP contribution in [0.3, 0.4) is 0 Å². The van der Waals surface area contributed by atoms with Crippen molar-refractivity contribution in [1.29, 1.82) is 0 Å². The molecular formula is C11H20N2O3S. The Kier molecular flexibility index (Phi) is 3.73. The summed E-state index contributed by atoms with van der Waals surface area (Å²) < 4.78 is 22.6. The number of sulfone groups is 1. The summed E-state index contributed by atoms with van der Waals surface area (Å²) in [6, 6.07) is 0.225. The molecule has 1 amide bonds. The van der Waals surface area contributed by atoms with Crippen molar-refractivity contribution in [2.24, 2.45) is 0 Å². The Labute approximate surface area is 102 Å². The zero-order valence-corrected chi connectivity index (χ0v) is 11.0. The molecule has 2 aliphatic rings. The third-order valence-electron chi connectivity index (χ3n) is 3.42. The van der Waals surface area contributed by atoms with Gasteiger partial charge in [-0.15, -0.1) is 0 Å². The molecule has 2 fully saturated rings. The predicted molar refractivity (Wildman–Crippen MR) is 65.5 cm³/mol. The molecule has 0 aliphatic carbocycles. The maximum Gasteiger partial charge on any atom is 0.222 e. The van der Waals surface area contributed by atoms with Gasteiger partial charge in [0.2, 0.25) is 5.91 Å². The Bertz CT molecular complexity index is 394. The van der Waals surface area contributed by atoms with Crippen LogP contribution in [-0.2, 0) is 14.6 Å². The Hall–Kier alpha value is -0.620. The van der Waals surface area contributed by atoms with Crippen molar-refractivity contribution in [1.82, 2.24) is 10.2 Å². The van der Waals surface area contributed by atoms with E-state index in [1.807, 2.05) is 11.8 Å². The monoisotopic (exact) mass is 260 g/mol. The van der Waals surface area contributed by atoms with E-state index in [1.54, 1.807) is 0 Å². The maximum atomic E-state index is 11.5. The summed E-state index contributed by atoms with van der Waals surface area (Å²) in [5.74, 6) is 0.753. The van der Waals surface area contributed by atoms with E-state index in [4.69, 9.17) is 0 Å². The minimum absolute atomic E-state index is 0.0627. The second-order valence-electron chi connectivity index (χ2n) is 5.11. The van der Waals surface area contributed by atoms with Gasteiger partial charge in [0.15, 0.2) is 9.84 Å². The maximum absolute atomic E-state index is 11.5. The number of hydrogen-bond donors (Lipinski definition) is 1. The lowest BCUT2D eigenvalue weighted by Crippen LogP contribution is -2.44. The first-order valence-corrected chi connectivity index (χ1v) is 8.03. The van der Waals surface area contributed by atoms with Gasteiger partial charge in [-0.3, -0.25) is 4.79 Å². The number of hydrogen-bond acceptors (Lipinski definition) is 4. The van der Waals surface area contributed by atoms with Crippen molar-refractivity contribution in [3.8, 4) is 0 Å². The van der Waals surface area contributed by atoms with Crippen LogP contribution in [0.1, 0.15) is 26.2 Å². The van der Waals surface area contributed by atoms with Gasteiger partial charge in [-0.2, -0.15) is 0 Å². The van der Waals surface area contributed by atoms with Crippen molar-refractivity contribution in [2.45, 2.75) is 38.3 Å². The molecule has 0 aromatic rings. The third kappa shape index (κ3) is 3.42. The van der Waals surface area contributed by atoms with Crippen molar-refractivity contribution in [3.05, 3.63) is 0 Å². The van der Waals surface area contributed by atoms with Crippen molar-refractivity contribution in [3.63, 3.8) is 0 Å². The highest BCUT2D eigenvalue weighted by Crippen LogP contribution is 2.13. The molecule has 17 heavy (non-hydrogen) atoms. The van der Waals surface area contributed by atoms with Crippen molar-refractivity contribution < 1.29 is 13.2 Å². The van der Waals surface area contributed by atoms with E-state index in [0.717, 1.165) is 13.0 Å². The van der Waals surface area contributed by atoms with Crippen LogP contribution in [0.15, 0.2) is 0 Å². The van der Waals surface area contributed by atoms with Gasteiger partial charge in [-0.25, -0.2) is 8.42 Å². The molecule has 2 rings (SSSR count). The van der Waals surface area contributed by atoms with Gasteiger partial charge < -0.3 is 10.2 Å². The van der Waals surface area contributed by atoms with Crippen molar-refractivity contribution >= 4 is 15.7 Å². The molecule has 0 aromatic heterocycles. The highest BCUT2D eigenvalue weighted by Gasteiger charge is 2.29. The largest absolute Gasteiger partial charge is 0.341 e. The zero-order chi connectivity index (χ0) is 12.5. The average Bonchev–Trinajstić information content (AvgIpc) is 2.74. The Balaban J connectivity index is 1.78. The van der Waals surface area contributed by atoms with Gasteiger partial charge in [0.05, 0.1) is 11.5 Å². The van der Waals surface area contributed by atoms with Crippen LogP contribution in [0.25, 0.3) is 0 Å². The predicted octanol–water partition coefficient (Wildman–Crippen LogP) is -0.226. The standard InChI is InChI=1S/C11H20N2O3S/c1-9(7-13-5-2-3-11(13)14)12-10-4-6-17(15,16)8-10/h9-10,12H,2-8H2,1H3. The van der Waals surface area contributed by atoms with Gasteiger partial charge >= 0.3 is 0 Å². The molecule has 0 radical (unpaired) electrons. The van der Waals surface area contributed by atoms with E-state index >= 15 is 0 Å². The van der Waals surface area contributed by atoms with Crippen LogP contribution < -0.4 is 5.32 Å². The van der Waals surface area contributed by atoms with Crippen LogP contribution in [0.2, 0.25) is 0 Å². The molecular weight excluding hydrogens is 240 g/mol. The van der Waals surface area contributed by atoms with Crippen LogP contribution >= 0.6 is 0 Å². The van der Waals surface area contributed by atoms with Crippen molar-refractivity contribution in [2.75, 3.05) is 24.6 Å². The molecule has 1 N–H and O–H groups in total. The first-order chi connectivity index (χ1) is 7.96. The summed E-state index contributed by atoms with van der Waals surface area (Å²) in [5, 5.41) is 3.31. The second kappa shape index (κ2) is 4.94. The second-order valence-corrected chi connectivity index (χ2v) is 7.34. The first-order valence-electron chi connectivity index (χ1n) is 6.20. The lowest BCUT2D eigenvalue weighted by atomic mass is 10.2. The molecule has 2 unspecified atom stereocenters. The van der Waals surface area contributed by atoms with E-state index in [-0.39, 0.29) is 23.7 Å². The quantitative estimate of drug-likeness (QED) is 0.758. The summed E-state index contributed by atoms with van der Waals surface area (Å²) in [7, 11) is -2.82. The SMILES string of the molecule is CC(CN1CCCC1=O)NC1CCS(=O)(=O)C1. The normalized spacial score (nSPS) is 29.8. The van der Waals surface area contributed by atoms with E-state index in [9.17, 15) is 13.2 Å². The summed E-state index contributed by atoms with van der Waals surface area (Å²) in [5.41, 5.74) is 0. The fourth-order valence-electron chi connectivity index (χ4n) is 2.61. The Morgan fingerprint density at radius 2 is 2.29 bits per heavy atom. The number of nitrogens with one attached hydrogen (secondary N) is 1. The zero-order valence-electron chi connectivity index (χ0n) is 10.2. The molecule has 2 aliphatic heterocycles. The topological polar surface area (TPSA) is 66.5 Å². The van der Waals surface area contributed by atoms with Gasteiger partial charge in [0, 0.05) is 31.6 Å². The molecule has 5 nitrogen and oxygen atoms in total. The molecule has 2 saturated heterocycles. The Morgan fingerprint density at radius 3 is 2.82 bits per heavy atom. The number of likely N-dealkylation sites (tertiary alicyclic amines) is 1. The van der Waals surface area contributed by atoms with Crippen LogP contribution in [0.5, 0.6) is 0 Å². The molecule has 6 heteroatoms. The summed E-state index contributed by atoms with van der Waals surface area (Å²) in [4.78, 5) is 13.3. The van der Waals surface area contributed by atoms with E-state index in [2.05, 4.69) is 5.32 Å². The lowest BCUT2D eigenvalue weighted by Gasteiger charge is -2.24. The number of rotatable bonds is 4. The average molecular weight is 260 g/mol. The first kappa shape index (κ1) is 12.8. The summed E-state index contributed by atoms with van der Waals surface area (Å²) >= 11 is 0. The third-order valence-corrected chi connectivity index (χ3v) is 5.19. The van der Waals surface area contributed by atoms with Gasteiger partial charge in [0.1, 0.15) is 0 Å². The molecule has 0 spiro atoms. The van der Waals surface area contributed by atoms with Gasteiger partial charge in [-0.1, -0.05) is 0 Å². The molecule has 0 saturated carbocycles. The minimum atomic E-state index is -2.82. The van der Waals surface area contributed by atoms with E-state index in [0.29, 0.717) is 25.1 Å². The molecule has 2 atom stereocenters. The number of carbonyl (C=O) groups excluding carboxylic acids is 1. The molecule has 0 aromatic carbocycles. The van der Waals surface area contributed by atoms with Crippen LogP contribution in [-0.4, -0.2) is 55.9 Å². The Morgan fingerprint density at radius 1 is 1.53 bits per heavy atom. The van der Waals surface area contributed by atoms with E-state index in [1.165, 1.54) is 0 Å². The number of nitrogens with zero attached hydrogens (tertiary/aromatic N) is 1. The van der Waals surface area contributed by atoms with Crippen LogP contribution in [0, 0.1) is 0 Å².